The zero-order valence-electron chi connectivity index (χ0n) is 23.1. The third kappa shape index (κ3) is 3.63. The molecule has 0 bridgehead atoms. The van der Waals surface area contributed by atoms with E-state index < -0.39 is 11.9 Å². The standard InChI is InChI=1S/C31H46O4/c1-18(17-24(32)19(2)20(3)27(34)35)21-11-15-31(8)23-9-10-25-28(4,5)26(33)13-14-29(25,6)22(23)12-16-30(21,31)7/h18,20-21,25H,2,9-17H2,1,3-8H3,(H,34,35). The minimum atomic E-state index is -0.986. The van der Waals surface area contributed by atoms with Gasteiger partial charge < -0.3 is 5.11 Å². The summed E-state index contributed by atoms with van der Waals surface area (Å²) in [4.78, 5) is 37.1. The van der Waals surface area contributed by atoms with Gasteiger partial charge in [-0.15, -0.1) is 0 Å². The number of aliphatic carboxylic acids is 1. The van der Waals surface area contributed by atoms with Crippen LogP contribution in [0.1, 0.15) is 106 Å². The van der Waals surface area contributed by atoms with Gasteiger partial charge >= 0.3 is 5.97 Å². The van der Waals surface area contributed by atoms with Gasteiger partial charge in [0.05, 0.1) is 5.92 Å². The number of carboxylic acids is 1. The number of carbonyl (C=O) groups is 3. The van der Waals surface area contributed by atoms with Crippen molar-refractivity contribution in [1.82, 2.24) is 0 Å². The first-order valence-electron chi connectivity index (χ1n) is 13.8. The van der Waals surface area contributed by atoms with Crippen molar-refractivity contribution in [2.24, 2.45) is 45.3 Å². The van der Waals surface area contributed by atoms with Gasteiger partial charge in [0.2, 0.25) is 0 Å². The van der Waals surface area contributed by atoms with Crippen molar-refractivity contribution < 1.29 is 19.5 Å². The van der Waals surface area contributed by atoms with Crippen LogP contribution < -0.4 is 0 Å². The third-order valence-corrected chi connectivity index (χ3v) is 12.0. The molecular weight excluding hydrogens is 436 g/mol. The van der Waals surface area contributed by atoms with Crippen molar-refractivity contribution in [3.05, 3.63) is 23.3 Å². The number of carbonyl (C=O) groups excluding carboxylic acids is 2. The quantitative estimate of drug-likeness (QED) is 0.321. The molecule has 7 unspecified atom stereocenters. The van der Waals surface area contributed by atoms with Crippen LogP contribution >= 0.6 is 0 Å². The van der Waals surface area contributed by atoms with E-state index in [0.717, 1.165) is 44.9 Å². The topological polar surface area (TPSA) is 71.4 Å². The summed E-state index contributed by atoms with van der Waals surface area (Å²) in [6.45, 7) is 19.3. The van der Waals surface area contributed by atoms with E-state index in [2.05, 4.69) is 48.1 Å². The summed E-state index contributed by atoms with van der Waals surface area (Å²) in [5, 5.41) is 9.30. The molecule has 4 rings (SSSR count). The minimum absolute atomic E-state index is 0.0950. The molecule has 2 saturated carbocycles. The van der Waals surface area contributed by atoms with E-state index in [0.29, 0.717) is 30.5 Å². The van der Waals surface area contributed by atoms with Crippen molar-refractivity contribution in [1.29, 1.82) is 0 Å². The van der Waals surface area contributed by atoms with Gasteiger partial charge in [-0.1, -0.05) is 59.3 Å². The Kier molecular flexibility index (Phi) is 6.34. The van der Waals surface area contributed by atoms with E-state index in [4.69, 9.17) is 0 Å². The van der Waals surface area contributed by atoms with Crippen LogP contribution in [0.2, 0.25) is 0 Å². The third-order valence-electron chi connectivity index (χ3n) is 12.0. The molecule has 1 N–H and O–H groups in total. The number of hydrogen-bond acceptors (Lipinski definition) is 3. The lowest BCUT2D eigenvalue weighted by molar-refractivity contribution is -0.141. The molecule has 0 aromatic carbocycles. The van der Waals surface area contributed by atoms with Gasteiger partial charge in [0, 0.05) is 23.8 Å². The second-order valence-electron chi connectivity index (χ2n) is 13.7. The highest BCUT2D eigenvalue weighted by molar-refractivity contribution is 5.99. The maximum absolute atomic E-state index is 12.9. The number of carboxylic acid groups (broad SMARTS) is 1. The summed E-state index contributed by atoms with van der Waals surface area (Å²) < 4.78 is 0. The summed E-state index contributed by atoms with van der Waals surface area (Å²) >= 11 is 0. The number of Topliss-reactive ketones (excluding diaryl/α,β-unsaturated/α-hetero) is 2. The lowest BCUT2D eigenvalue weighted by atomic mass is 9.43. The molecule has 0 heterocycles. The second kappa shape index (κ2) is 8.42. The summed E-state index contributed by atoms with van der Waals surface area (Å²) in [6, 6.07) is 0. The predicted octanol–water partition coefficient (Wildman–Crippen LogP) is 7.18. The van der Waals surface area contributed by atoms with Crippen LogP contribution in [0.15, 0.2) is 23.3 Å². The molecule has 0 spiro atoms. The SMILES string of the molecule is C=C(C(=O)CC(C)C1CCC2(C)C3=C(CCC12C)C1(C)CCC(=O)C(C)(C)C1CC3)C(C)C(=O)O. The fourth-order valence-corrected chi connectivity index (χ4v) is 9.40. The molecule has 0 aromatic rings. The Bertz CT molecular complexity index is 1000. The van der Waals surface area contributed by atoms with Crippen molar-refractivity contribution in [2.45, 2.75) is 106 Å². The molecule has 0 saturated heterocycles. The Hall–Kier alpha value is -1.71. The van der Waals surface area contributed by atoms with Crippen LogP contribution in [-0.4, -0.2) is 22.6 Å². The maximum atomic E-state index is 12.9. The van der Waals surface area contributed by atoms with Crippen molar-refractivity contribution in [2.75, 3.05) is 0 Å². The number of ketones is 2. The first-order chi connectivity index (χ1) is 16.1. The van der Waals surface area contributed by atoms with Gasteiger partial charge in [-0.2, -0.15) is 0 Å². The van der Waals surface area contributed by atoms with Gasteiger partial charge in [-0.3, -0.25) is 14.4 Å². The number of fused-ring (bicyclic) bond motifs is 4. The fraction of sp³-hybridized carbons (Fsp3) is 0.774. The molecule has 35 heavy (non-hydrogen) atoms. The molecule has 0 radical (unpaired) electrons. The summed E-state index contributed by atoms with van der Waals surface area (Å²) in [5.41, 5.74) is 3.73. The largest absolute Gasteiger partial charge is 0.481 e. The van der Waals surface area contributed by atoms with Crippen LogP contribution in [0.5, 0.6) is 0 Å². The number of rotatable bonds is 6. The fourth-order valence-electron chi connectivity index (χ4n) is 9.40. The number of hydrogen-bond donors (Lipinski definition) is 1. The Morgan fingerprint density at radius 3 is 2.26 bits per heavy atom. The molecule has 4 aliphatic rings. The van der Waals surface area contributed by atoms with Gasteiger partial charge in [0.15, 0.2) is 5.78 Å². The molecule has 194 valence electrons. The molecule has 4 nitrogen and oxygen atoms in total. The smallest absolute Gasteiger partial charge is 0.310 e. The Morgan fingerprint density at radius 1 is 0.971 bits per heavy atom. The molecule has 0 aliphatic heterocycles. The highest BCUT2D eigenvalue weighted by Gasteiger charge is 2.63. The highest BCUT2D eigenvalue weighted by atomic mass is 16.4. The molecule has 4 heteroatoms. The number of allylic oxidation sites excluding steroid dienone is 2. The van der Waals surface area contributed by atoms with Crippen molar-refractivity contribution in [3.8, 4) is 0 Å². The van der Waals surface area contributed by atoms with Crippen molar-refractivity contribution >= 4 is 17.5 Å². The van der Waals surface area contributed by atoms with E-state index in [-0.39, 0.29) is 38.9 Å². The first-order valence-corrected chi connectivity index (χ1v) is 13.8. The van der Waals surface area contributed by atoms with E-state index in [1.807, 2.05) is 0 Å². The Morgan fingerprint density at radius 2 is 1.63 bits per heavy atom. The molecular formula is C31H46O4. The van der Waals surface area contributed by atoms with Gasteiger partial charge in [0.25, 0.3) is 0 Å². The van der Waals surface area contributed by atoms with Gasteiger partial charge in [-0.05, 0) is 85.9 Å². The van der Waals surface area contributed by atoms with Gasteiger partial charge in [-0.25, -0.2) is 0 Å². The summed E-state index contributed by atoms with van der Waals surface area (Å²) in [6.07, 6.45) is 8.79. The second-order valence-corrected chi connectivity index (χ2v) is 13.7. The zero-order valence-corrected chi connectivity index (χ0v) is 23.1. The van der Waals surface area contributed by atoms with Crippen molar-refractivity contribution in [3.63, 3.8) is 0 Å². The van der Waals surface area contributed by atoms with E-state index >= 15 is 0 Å². The lowest BCUT2D eigenvalue weighted by Crippen LogP contribution is -2.54. The lowest BCUT2D eigenvalue weighted by Gasteiger charge is -2.60. The summed E-state index contributed by atoms with van der Waals surface area (Å²) in [7, 11) is 0. The Labute approximate surface area is 212 Å². The average molecular weight is 483 g/mol. The summed E-state index contributed by atoms with van der Waals surface area (Å²) in [5.74, 6) is -0.403. The molecule has 0 amide bonds. The predicted molar refractivity (Wildman–Crippen MR) is 139 cm³/mol. The van der Waals surface area contributed by atoms with E-state index in [1.165, 1.54) is 0 Å². The van der Waals surface area contributed by atoms with Crippen LogP contribution in [0.4, 0.5) is 0 Å². The minimum Gasteiger partial charge on any atom is -0.481 e. The average Bonchev–Trinajstić information content (AvgIpc) is 3.07. The zero-order chi connectivity index (χ0) is 26.1. The molecule has 4 aliphatic carbocycles. The van der Waals surface area contributed by atoms with Crippen LogP contribution in [0.25, 0.3) is 0 Å². The maximum Gasteiger partial charge on any atom is 0.310 e. The van der Waals surface area contributed by atoms with Gasteiger partial charge in [0.1, 0.15) is 5.78 Å². The highest BCUT2D eigenvalue weighted by Crippen LogP contribution is 2.72. The van der Waals surface area contributed by atoms with Crippen LogP contribution in [-0.2, 0) is 14.4 Å². The van der Waals surface area contributed by atoms with Crippen LogP contribution in [0.3, 0.4) is 0 Å². The first kappa shape index (κ1) is 26.4. The van der Waals surface area contributed by atoms with Crippen LogP contribution in [0, 0.1) is 45.3 Å². The van der Waals surface area contributed by atoms with E-state index in [9.17, 15) is 19.5 Å². The van der Waals surface area contributed by atoms with E-state index in [1.54, 1.807) is 18.1 Å². The normalized spacial score (nSPS) is 39.8. The monoisotopic (exact) mass is 482 g/mol. The molecule has 0 aromatic heterocycles. The molecule has 2 fully saturated rings. The Balaban J connectivity index is 1.61. The molecule has 7 atom stereocenters.